The number of carbonyl (C=O) groups excluding carboxylic acids is 5. The molecule has 368 valence electrons. The molecule has 0 bridgehead atoms. The average Bonchev–Trinajstić information content (AvgIpc) is 4.04. The van der Waals surface area contributed by atoms with Crippen LogP contribution in [0.2, 0.25) is 0 Å². The van der Waals surface area contributed by atoms with Crippen LogP contribution in [0.1, 0.15) is 86.4 Å². The zero-order chi connectivity index (χ0) is 50.7. The normalized spacial score (nSPS) is 10.9. The first-order chi connectivity index (χ1) is 32.6. The number of hydrogen-bond acceptors (Lipinski definition) is 13. The molecule has 0 spiro atoms. The molecule has 16 heteroatoms. The van der Waals surface area contributed by atoms with Gasteiger partial charge in [-0.3, -0.25) is 14.9 Å². The van der Waals surface area contributed by atoms with E-state index in [1.165, 1.54) is 26.4 Å². The number of methoxy groups -OCH3 is 2. The van der Waals surface area contributed by atoms with Crippen molar-refractivity contribution < 1.29 is 52.8 Å². The number of rotatable bonds is 12. The average molecular weight is 990 g/mol. The second-order valence-electron chi connectivity index (χ2n) is 16.7. The predicted octanol–water partition coefficient (Wildman–Crippen LogP) is 12.3. The highest BCUT2D eigenvalue weighted by Gasteiger charge is 2.20. The van der Waals surface area contributed by atoms with Gasteiger partial charge in [0.1, 0.15) is 11.2 Å². The molecule has 0 atom stereocenters. The van der Waals surface area contributed by atoms with Gasteiger partial charge >= 0.3 is 30.0 Å². The van der Waals surface area contributed by atoms with Crippen LogP contribution in [-0.4, -0.2) is 66.4 Å². The number of nitrogens with one attached hydrogen (secondary N) is 2. The van der Waals surface area contributed by atoms with Crippen molar-refractivity contribution >= 4 is 87.8 Å². The van der Waals surface area contributed by atoms with Crippen LogP contribution in [-0.2, 0) is 39.8 Å². The molecule has 4 aromatic carbocycles. The maximum absolute atomic E-state index is 12.7. The number of benzene rings is 4. The van der Waals surface area contributed by atoms with E-state index in [1.54, 1.807) is 83.3 Å². The number of carboxylic acids is 1. The summed E-state index contributed by atoms with van der Waals surface area (Å²) in [5.74, 6) is -2.66. The maximum atomic E-state index is 12.7. The quantitative estimate of drug-likeness (QED) is 0.0391. The molecule has 0 radical (unpaired) electrons. The summed E-state index contributed by atoms with van der Waals surface area (Å²) < 4.78 is 19.9. The first kappa shape index (κ1) is 56.5. The fourth-order valence-corrected chi connectivity index (χ4v) is 7.40. The minimum absolute atomic E-state index is 0. The highest BCUT2D eigenvalue weighted by molar-refractivity contribution is 7.13. The first-order valence-electron chi connectivity index (χ1n) is 21.2. The van der Waals surface area contributed by atoms with Gasteiger partial charge in [0.2, 0.25) is 5.91 Å². The Labute approximate surface area is 416 Å². The molecular weight excluding hydrogens is 931 g/mol. The Morgan fingerprint density at radius 3 is 1.60 bits per heavy atom. The number of anilines is 3. The molecule has 70 heavy (non-hydrogen) atoms. The van der Waals surface area contributed by atoms with Crippen LogP contribution in [0.15, 0.2) is 132 Å². The lowest BCUT2D eigenvalue weighted by atomic mass is 10.0. The Kier molecular flexibility index (Phi) is 21.5. The van der Waals surface area contributed by atoms with Crippen molar-refractivity contribution in [3.05, 3.63) is 160 Å². The number of hydrogen-bond donors (Lipinski definition) is 4. The molecule has 0 saturated heterocycles. The zero-order valence-corrected chi connectivity index (χ0v) is 41.1. The highest BCUT2D eigenvalue weighted by atomic mass is 32.1. The Morgan fingerprint density at radius 1 is 0.614 bits per heavy atom. The lowest BCUT2D eigenvalue weighted by Gasteiger charge is -2.20. The summed E-state index contributed by atoms with van der Waals surface area (Å²) in [6, 6.07) is 32.4. The van der Waals surface area contributed by atoms with E-state index in [2.05, 4.69) is 15.4 Å². The van der Waals surface area contributed by atoms with Gasteiger partial charge in [-0.1, -0.05) is 62.0 Å². The molecular formula is C54H59N3O11S2. The molecule has 2 heterocycles. The Morgan fingerprint density at radius 2 is 1.13 bits per heavy atom. The third-order valence-electron chi connectivity index (χ3n) is 8.88. The number of ether oxygens (including phenoxy) is 4. The van der Waals surface area contributed by atoms with Gasteiger partial charge in [0, 0.05) is 27.6 Å². The van der Waals surface area contributed by atoms with Crippen molar-refractivity contribution in [3.8, 4) is 20.9 Å². The van der Waals surface area contributed by atoms with Crippen LogP contribution in [0.3, 0.4) is 0 Å². The van der Waals surface area contributed by atoms with Gasteiger partial charge in [0.25, 0.3) is 0 Å². The number of thiophene rings is 2. The van der Waals surface area contributed by atoms with Crippen LogP contribution < -0.4 is 16.4 Å². The van der Waals surface area contributed by atoms with Gasteiger partial charge in [-0.2, -0.15) is 0 Å². The number of aliphatic carboxylic acids is 1. The summed E-state index contributed by atoms with van der Waals surface area (Å²) in [4.78, 5) is 72.2. The molecule has 2 amide bonds. The number of esters is 3. The topological polar surface area (TPSA) is 210 Å². The molecule has 6 aromatic rings. The van der Waals surface area contributed by atoms with Crippen molar-refractivity contribution in [2.24, 2.45) is 0 Å². The predicted molar refractivity (Wildman–Crippen MR) is 280 cm³/mol. The van der Waals surface area contributed by atoms with Gasteiger partial charge in [-0.05, 0) is 147 Å². The van der Waals surface area contributed by atoms with Crippen molar-refractivity contribution in [1.82, 2.24) is 0 Å². The van der Waals surface area contributed by atoms with Crippen molar-refractivity contribution in [3.63, 3.8) is 0 Å². The minimum atomic E-state index is -1.03. The first-order valence-corrected chi connectivity index (χ1v) is 23.0. The van der Waals surface area contributed by atoms with Crippen LogP contribution in [0.4, 0.5) is 21.9 Å². The fourth-order valence-electron chi connectivity index (χ4n) is 5.95. The van der Waals surface area contributed by atoms with Gasteiger partial charge in [0.15, 0.2) is 0 Å². The molecule has 0 aliphatic rings. The van der Waals surface area contributed by atoms with Crippen LogP contribution in [0.5, 0.6) is 0 Å². The largest absolute Gasteiger partial charge is 0.478 e. The number of nitrogens with two attached hydrogens (primary N) is 1. The summed E-state index contributed by atoms with van der Waals surface area (Å²) in [7, 11) is 2.61. The summed E-state index contributed by atoms with van der Waals surface area (Å²) in [6.45, 7) is 10.9. The Hall–Kier alpha value is -7.82. The number of amides is 2. The lowest BCUT2D eigenvalue weighted by Crippen LogP contribution is -2.27. The van der Waals surface area contributed by atoms with E-state index < -0.39 is 35.2 Å². The second kappa shape index (κ2) is 26.7. The van der Waals surface area contributed by atoms with Crippen molar-refractivity contribution in [2.45, 2.75) is 66.6 Å². The summed E-state index contributed by atoms with van der Waals surface area (Å²) in [5.41, 5.74) is 11.2. The molecule has 5 N–H and O–H groups in total. The Balaban J connectivity index is 0.000000305. The Bertz CT molecular complexity index is 2780. The van der Waals surface area contributed by atoms with Gasteiger partial charge < -0.3 is 35.1 Å². The van der Waals surface area contributed by atoms with Crippen molar-refractivity contribution in [2.75, 3.05) is 30.6 Å². The van der Waals surface area contributed by atoms with E-state index in [1.807, 2.05) is 107 Å². The smallest absolute Gasteiger partial charge is 0.412 e. The molecule has 14 nitrogen and oxygen atoms in total. The SMILES string of the molecule is C.CC(C)(C)OC(=O)Nc1ccc(-c2cccs2)cc1N.COC(=O)c1cccc(/C=C/C(=O)Nc2cc(-c3cccs3)ccc2CC(=O)OC(C)(C)C)c1.COC(=O)c1cccc(/C=C/C(=O)O)c1. The second-order valence-corrected chi connectivity index (χ2v) is 18.6. The van der Waals surface area contributed by atoms with Crippen molar-refractivity contribution in [1.29, 1.82) is 0 Å². The van der Waals surface area contributed by atoms with Gasteiger partial charge in [-0.25, -0.2) is 19.2 Å². The van der Waals surface area contributed by atoms with Gasteiger partial charge in [-0.15, -0.1) is 22.7 Å². The fraction of sp³-hybridized carbons (Fsp3) is 0.222. The molecule has 2 aromatic heterocycles. The molecule has 0 aliphatic heterocycles. The molecule has 0 fully saturated rings. The van der Waals surface area contributed by atoms with E-state index >= 15 is 0 Å². The molecule has 0 aliphatic carbocycles. The number of carboxylic acid groups (broad SMARTS) is 1. The zero-order valence-electron chi connectivity index (χ0n) is 39.5. The van der Waals surface area contributed by atoms with Crippen LogP contribution >= 0.6 is 22.7 Å². The summed E-state index contributed by atoms with van der Waals surface area (Å²) in [6.07, 6.45) is 4.94. The summed E-state index contributed by atoms with van der Waals surface area (Å²) >= 11 is 3.23. The van der Waals surface area contributed by atoms with E-state index in [0.717, 1.165) is 27.0 Å². The standard InChI is InChI=1S/C27H27NO5S.C15H18N2O2S.C11H10O4.CH4/c1-27(2,3)33-25(30)17-19-11-12-20(23-9-6-14-34-23)16-22(19)28-24(29)13-10-18-7-5-8-21(15-18)26(31)32-4;1-15(2,3)19-14(18)17-12-7-6-10(9-11(12)16)13-5-4-8-20-13;1-15-11(14)9-4-2-3-8(7-9)5-6-10(12)13;/h5-16H,17H2,1-4H3,(H,28,29);4-9H,16H2,1-3H3,(H,17,18);2-7H,1H3,(H,12,13);1H4/b13-10+;;6-5+;. The number of carbonyl (C=O) groups is 6. The third-order valence-corrected chi connectivity index (χ3v) is 10.7. The molecule has 0 unspecified atom stereocenters. The minimum Gasteiger partial charge on any atom is -0.478 e. The molecule has 0 saturated carbocycles. The van der Waals surface area contributed by atoms with Crippen LogP contribution in [0, 0.1) is 0 Å². The molecule has 6 rings (SSSR count). The lowest BCUT2D eigenvalue weighted by molar-refractivity contribution is -0.154. The highest BCUT2D eigenvalue weighted by Crippen LogP contribution is 2.31. The van der Waals surface area contributed by atoms with Gasteiger partial charge in [0.05, 0.1) is 43.1 Å². The third kappa shape index (κ3) is 19.4. The maximum Gasteiger partial charge on any atom is 0.412 e. The van der Waals surface area contributed by atoms with Crippen LogP contribution in [0.25, 0.3) is 33.0 Å². The van der Waals surface area contributed by atoms with E-state index in [0.29, 0.717) is 44.9 Å². The number of nitrogen functional groups attached to an aromatic ring is 1. The van der Waals surface area contributed by atoms with E-state index in [9.17, 15) is 28.8 Å². The monoisotopic (exact) mass is 989 g/mol. The van der Waals surface area contributed by atoms with E-state index in [4.69, 9.17) is 25.1 Å². The van der Waals surface area contributed by atoms with E-state index in [-0.39, 0.29) is 25.7 Å². The summed E-state index contributed by atoms with van der Waals surface area (Å²) in [5, 5.41) is 17.9.